The molecule has 380 valence electrons. The molecule has 3 aliphatic rings. The Bertz CT molecular complexity index is 3020. The van der Waals surface area contributed by atoms with Crippen LogP contribution in [0.15, 0.2) is 190 Å². The molecular weight excluding hydrogens is 1000 g/mol. The molecule has 0 unspecified atom stereocenters. The third kappa shape index (κ3) is 11.4. The summed E-state index contributed by atoms with van der Waals surface area (Å²) in [6, 6.07) is 60.6. The van der Waals surface area contributed by atoms with Gasteiger partial charge >= 0.3 is 0 Å². The van der Waals surface area contributed by atoms with E-state index in [1.54, 1.807) is 0 Å². The van der Waals surface area contributed by atoms with Crippen LogP contribution in [-0.2, 0) is 18.9 Å². The zero-order valence-corrected chi connectivity index (χ0v) is 44.8. The highest BCUT2D eigenvalue weighted by Crippen LogP contribution is 2.47. The number of fused-ring (bicyclic) bond motifs is 4. The molecule has 2 aromatic heterocycles. The molecule has 0 radical (unpaired) electrons. The van der Waals surface area contributed by atoms with Crippen LogP contribution in [0, 0.1) is 0 Å². The molecule has 0 saturated carbocycles. The van der Waals surface area contributed by atoms with Crippen LogP contribution in [0.5, 0.6) is 0 Å². The maximum Gasteiger partial charge on any atom is 0.283 e. The smallest absolute Gasteiger partial charge is 0.283 e. The molecule has 0 amide bonds. The number of hydrogen-bond acceptors (Lipinski definition) is 10. The number of para-hydroxylation sites is 6. The van der Waals surface area contributed by atoms with Crippen LogP contribution in [0.3, 0.4) is 0 Å². The Balaban J connectivity index is 0.00000336. The average molecular weight is 1060 g/mol. The predicted octanol–water partition coefficient (Wildman–Crippen LogP) is 5.03. The molecule has 5 heterocycles. The molecule has 0 N–H and O–H groups in total. The SMILES string of the molecule is CN1C(=Cc2cc(N3CCOCCOCCN(c4cc(C=C5Sc6ccccc6N5C)c5ccccc5[n+]4-c4ccccc4)CCOCCOCC3)[n+](-c3ccccc3)c3ccccc23)Sc2ccccc21.[Cl-].[Cl-]. The normalized spacial score (nSPS) is 17.2. The Kier molecular flexibility index (Phi) is 17.8. The fourth-order valence-electron chi connectivity index (χ4n) is 9.82. The number of benzene rings is 6. The van der Waals surface area contributed by atoms with Crippen molar-refractivity contribution in [2.24, 2.45) is 0 Å². The van der Waals surface area contributed by atoms with Crippen LogP contribution in [0.2, 0.25) is 0 Å². The molecule has 74 heavy (non-hydrogen) atoms. The first-order valence-corrected chi connectivity index (χ1v) is 26.5. The van der Waals surface area contributed by atoms with Gasteiger partial charge in [-0.2, -0.15) is 9.13 Å². The van der Waals surface area contributed by atoms with Crippen molar-refractivity contribution in [1.82, 2.24) is 0 Å². The van der Waals surface area contributed by atoms with Crippen LogP contribution in [0.25, 0.3) is 45.3 Å². The van der Waals surface area contributed by atoms with Gasteiger partial charge in [0.05, 0.1) is 74.3 Å². The Labute approximate surface area is 455 Å². The fourth-order valence-corrected chi connectivity index (χ4v) is 12.0. The van der Waals surface area contributed by atoms with Gasteiger partial charge in [0.15, 0.2) is 0 Å². The van der Waals surface area contributed by atoms with Gasteiger partial charge in [-0.25, -0.2) is 0 Å². The van der Waals surface area contributed by atoms with Gasteiger partial charge in [0.1, 0.15) is 48.6 Å². The van der Waals surface area contributed by atoms with Crippen molar-refractivity contribution in [1.29, 1.82) is 0 Å². The van der Waals surface area contributed by atoms with Gasteiger partial charge < -0.3 is 53.6 Å². The second-order valence-electron chi connectivity index (χ2n) is 17.9. The number of anilines is 4. The van der Waals surface area contributed by atoms with Gasteiger partial charge in [0, 0.05) is 46.8 Å². The monoisotopic (exact) mass is 1060 g/mol. The summed E-state index contributed by atoms with van der Waals surface area (Å²) in [5.41, 5.74) is 9.22. The molecule has 0 spiro atoms. The number of pyridine rings is 2. The van der Waals surface area contributed by atoms with Crippen molar-refractivity contribution in [2.75, 3.05) is 113 Å². The maximum absolute atomic E-state index is 6.41. The van der Waals surface area contributed by atoms with Crippen LogP contribution < -0.4 is 53.5 Å². The van der Waals surface area contributed by atoms with Crippen molar-refractivity contribution in [3.63, 3.8) is 0 Å². The summed E-state index contributed by atoms with van der Waals surface area (Å²) in [7, 11) is 4.31. The van der Waals surface area contributed by atoms with Crippen molar-refractivity contribution in [3.8, 4) is 11.4 Å². The highest BCUT2D eigenvalue weighted by molar-refractivity contribution is 8.04. The van der Waals surface area contributed by atoms with Gasteiger partial charge in [-0.1, -0.05) is 121 Å². The van der Waals surface area contributed by atoms with Gasteiger partial charge in [0.2, 0.25) is 0 Å². The predicted molar refractivity (Wildman–Crippen MR) is 296 cm³/mol. The minimum atomic E-state index is 0. The van der Waals surface area contributed by atoms with Crippen LogP contribution in [0.1, 0.15) is 11.1 Å². The van der Waals surface area contributed by atoms with Crippen molar-refractivity contribution >= 4 is 80.5 Å². The number of nitrogens with zero attached hydrogens (tertiary/aromatic N) is 6. The van der Waals surface area contributed by atoms with E-state index in [4.69, 9.17) is 18.9 Å². The van der Waals surface area contributed by atoms with E-state index in [0.717, 1.165) is 45.2 Å². The largest absolute Gasteiger partial charge is 1.00 e. The highest BCUT2D eigenvalue weighted by Gasteiger charge is 2.30. The molecule has 6 aromatic carbocycles. The van der Waals surface area contributed by atoms with E-state index in [0.29, 0.717) is 79.0 Å². The van der Waals surface area contributed by atoms with E-state index in [1.165, 1.54) is 42.0 Å². The third-order valence-electron chi connectivity index (χ3n) is 13.5. The summed E-state index contributed by atoms with van der Waals surface area (Å²) in [5.74, 6) is 2.15. The summed E-state index contributed by atoms with van der Waals surface area (Å²) >= 11 is 3.62. The quantitative estimate of drug-likeness (QED) is 0.213. The number of aromatic nitrogens is 2. The molecule has 0 bridgehead atoms. The van der Waals surface area contributed by atoms with Gasteiger partial charge in [-0.3, -0.25) is 9.80 Å². The first kappa shape index (κ1) is 52.8. The molecule has 8 aromatic rings. The second-order valence-corrected chi connectivity index (χ2v) is 20.1. The standard InChI is InChI=1S/C60H60N6O4S2.2ClH/c1-61-53-25-13-15-27-55(53)71-59(61)43-45-41-57(65(47-17-5-3-6-18-47)51-23-11-9-21-49(45)51)63-29-33-67-37-39-69-35-31-64(32-36-70-40-38-68-34-30-63)58-42-46(44-60-62(2)54-26-14-16-28-56(54)72-60)50-22-10-12-24-52(50)66(58)48-19-7-4-8-20-48;;/h3-28,41-44H,29-40H2,1-2H3;2*1H/q+2;;/p-2. The number of hydrogen-bond donors (Lipinski definition) is 0. The van der Waals surface area contributed by atoms with E-state index in [9.17, 15) is 0 Å². The van der Waals surface area contributed by atoms with Gasteiger partial charge in [-0.05, 0) is 83.9 Å². The topological polar surface area (TPSA) is 57.6 Å². The fraction of sp³-hybridized carbons (Fsp3) is 0.233. The Morgan fingerprint density at radius 2 is 0.743 bits per heavy atom. The zero-order valence-electron chi connectivity index (χ0n) is 41.7. The number of halogens is 2. The zero-order chi connectivity index (χ0) is 48.6. The third-order valence-corrected chi connectivity index (χ3v) is 15.8. The molecule has 10 nitrogen and oxygen atoms in total. The molecular formula is C60H60Cl2N6O4S2. The summed E-state index contributed by atoms with van der Waals surface area (Å²) in [6.45, 7) is 6.67. The second kappa shape index (κ2) is 25.0. The van der Waals surface area contributed by atoms with E-state index in [1.807, 2.05) is 23.5 Å². The lowest BCUT2D eigenvalue weighted by atomic mass is 10.1. The number of ether oxygens (including phenoxy) is 4. The van der Waals surface area contributed by atoms with Crippen molar-refractivity contribution < 1.29 is 52.9 Å². The van der Waals surface area contributed by atoms with Crippen LogP contribution in [-0.4, -0.2) is 93.1 Å². The Morgan fingerprint density at radius 1 is 0.405 bits per heavy atom. The lowest BCUT2D eigenvalue weighted by Gasteiger charge is -2.23. The number of rotatable bonds is 6. The van der Waals surface area contributed by atoms with E-state index in [2.05, 4.69) is 225 Å². The Morgan fingerprint density at radius 3 is 1.12 bits per heavy atom. The van der Waals surface area contributed by atoms with Crippen LogP contribution in [0.4, 0.5) is 23.0 Å². The molecule has 1 fully saturated rings. The minimum Gasteiger partial charge on any atom is -1.00 e. The molecule has 11 rings (SSSR count). The molecule has 14 heteroatoms. The van der Waals surface area contributed by atoms with Gasteiger partial charge in [-0.15, -0.1) is 0 Å². The number of thioether (sulfide) groups is 2. The summed E-state index contributed by atoms with van der Waals surface area (Å²) < 4.78 is 30.4. The van der Waals surface area contributed by atoms with E-state index in [-0.39, 0.29) is 24.8 Å². The molecule has 0 aliphatic carbocycles. The molecule has 3 aliphatic heterocycles. The molecule has 1 saturated heterocycles. The lowest BCUT2D eigenvalue weighted by Crippen LogP contribution is -3.00. The van der Waals surface area contributed by atoms with E-state index >= 15 is 0 Å². The average Bonchev–Trinajstić information content (AvgIpc) is 3.92. The van der Waals surface area contributed by atoms with Crippen LogP contribution >= 0.6 is 23.5 Å². The Hall–Kier alpha value is -6.06. The van der Waals surface area contributed by atoms with Crippen molar-refractivity contribution in [3.05, 3.63) is 191 Å². The highest BCUT2D eigenvalue weighted by atomic mass is 35.5. The van der Waals surface area contributed by atoms with Gasteiger partial charge in [0.25, 0.3) is 11.6 Å². The lowest BCUT2D eigenvalue weighted by molar-refractivity contribution is -0.554. The first-order valence-electron chi connectivity index (χ1n) is 24.9. The maximum atomic E-state index is 6.41. The summed E-state index contributed by atoms with van der Waals surface area (Å²) in [5, 5.41) is 4.74. The van der Waals surface area contributed by atoms with Crippen molar-refractivity contribution in [2.45, 2.75) is 9.79 Å². The minimum absolute atomic E-state index is 0. The summed E-state index contributed by atoms with van der Waals surface area (Å²) in [6.07, 6.45) is 4.67. The first-order chi connectivity index (χ1) is 35.6. The van der Waals surface area contributed by atoms with E-state index < -0.39 is 0 Å². The molecule has 0 atom stereocenters. The summed E-state index contributed by atoms with van der Waals surface area (Å²) in [4.78, 5) is 11.9.